The average molecular weight is 324 g/mol. The SMILES string of the molecule is COc1ccc(C#N)cc1CN(Cc1ccccc1)C(C)CCO. The van der Waals surface area contributed by atoms with Gasteiger partial charge < -0.3 is 9.84 Å². The number of nitrogens with zero attached hydrogens (tertiary/aromatic N) is 2. The number of benzene rings is 2. The van der Waals surface area contributed by atoms with Gasteiger partial charge in [-0.2, -0.15) is 5.26 Å². The van der Waals surface area contributed by atoms with Crippen molar-refractivity contribution in [2.75, 3.05) is 13.7 Å². The monoisotopic (exact) mass is 324 g/mol. The van der Waals surface area contributed by atoms with E-state index in [0.29, 0.717) is 18.5 Å². The number of methoxy groups -OCH3 is 1. The molecule has 0 aliphatic rings. The van der Waals surface area contributed by atoms with Gasteiger partial charge in [0.25, 0.3) is 0 Å². The number of aliphatic hydroxyl groups is 1. The van der Waals surface area contributed by atoms with Crippen molar-refractivity contribution < 1.29 is 9.84 Å². The molecule has 24 heavy (non-hydrogen) atoms. The fourth-order valence-corrected chi connectivity index (χ4v) is 2.75. The first-order valence-electron chi connectivity index (χ1n) is 8.13. The molecule has 0 fully saturated rings. The smallest absolute Gasteiger partial charge is 0.123 e. The lowest BCUT2D eigenvalue weighted by Crippen LogP contribution is -2.33. The molecule has 0 bridgehead atoms. The van der Waals surface area contributed by atoms with Crippen molar-refractivity contribution in [3.63, 3.8) is 0 Å². The van der Waals surface area contributed by atoms with Gasteiger partial charge in [0.05, 0.1) is 18.7 Å². The lowest BCUT2D eigenvalue weighted by Gasteiger charge is -2.29. The Labute approximate surface area is 143 Å². The zero-order valence-electron chi connectivity index (χ0n) is 14.3. The summed E-state index contributed by atoms with van der Waals surface area (Å²) in [5.41, 5.74) is 2.83. The van der Waals surface area contributed by atoms with Gasteiger partial charge in [-0.25, -0.2) is 0 Å². The summed E-state index contributed by atoms with van der Waals surface area (Å²) in [6, 6.07) is 18.1. The molecule has 4 heteroatoms. The van der Waals surface area contributed by atoms with Crippen molar-refractivity contribution >= 4 is 0 Å². The molecule has 1 atom stereocenters. The van der Waals surface area contributed by atoms with Crippen LogP contribution in [0.3, 0.4) is 0 Å². The molecule has 0 aliphatic heterocycles. The van der Waals surface area contributed by atoms with Crippen LogP contribution in [0, 0.1) is 11.3 Å². The highest BCUT2D eigenvalue weighted by Gasteiger charge is 2.17. The second-order valence-electron chi connectivity index (χ2n) is 5.89. The maximum Gasteiger partial charge on any atom is 0.123 e. The number of aliphatic hydroxyl groups excluding tert-OH is 1. The van der Waals surface area contributed by atoms with Crippen LogP contribution in [0.2, 0.25) is 0 Å². The Morgan fingerprint density at radius 1 is 1.17 bits per heavy atom. The molecule has 0 saturated carbocycles. The van der Waals surface area contributed by atoms with Crippen LogP contribution in [0.25, 0.3) is 0 Å². The van der Waals surface area contributed by atoms with E-state index in [9.17, 15) is 5.11 Å². The summed E-state index contributed by atoms with van der Waals surface area (Å²) >= 11 is 0. The molecule has 2 aromatic carbocycles. The van der Waals surface area contributed by atoms with Gasteiger partial charge in [0.15, 0.2) is 0 Å². The molecule has 0 amide bonds. The highest BCUT2D eigenvalue weighted by Crippen LogP contribution is 2.24. The van der Waals surface area contributed by atoms with E-state index in [1.54, 1.807) is 13.2 Å². The van der Waals surface area contributed by atoms with Gasteiger partial charge in [-0.3, -0.25) is 4.90 Å². The predicted molar refractivity (Wildman–Crippen MR) is 94.6 cm³/mol. The predicted octanol–water partition coefficient (Wildman–Crippen LogP) is 3.34. The lowest BCUT2D eigenvalue weighted by atomic mass is 10.1. The molecule has 2 rings (SSSR count). The van der Waals surface area contributed by atoms with Crippen molar-refractivity contribution in [1.82, 2.24) is 4.90 Å². The van der Waals surface area contributed by atoms with Crippen LogP contribution < -0.4 is 4.74 Å². The minimum atomic E-state index is 0.155. The van der Waals surface area contributed by atoms with Crippen molar-refractivity contribution in [2.24, 2.45) is 0 Å². The normalized spacial score (nSPS) is 12.0. The molecule has 0 saturated heterocycles. The first kappa shape index (κ1) is 18.0. The molecule has 1 N–H and O–H groups in total. The summed E-state index contributed by atoms with van der Waals surface area (Å²) in [4.78, 5) is 2.30. The molecule has 0 heterocycles. The summed E-state index contributed by atoms with van der Waals surface area (Å²) in [7, 11) is 1.64. The molecule has 1 unspecified atom stereocenters. The Hall–Kier alpha value is -2.35. The summed E-state index contributed by atoms with van der Waals surface area (Å²) < 4.78 is 5.45. The molecule has 0 aliphatic carbocycles. The second-order valence-corrected chi connectivity index (χ2v) is 5.89. The average Bonchev–Trinajstić information content (AvgIpc) is 2.62. The Kier molecular flexibility index (Phi) is 6.80. The van der Waals surface area contributed by atoms with Gasteiger partial charge in [-0.1, -0.05) is 30.3 Å². The number of ether oxygens (including phenoxy) is 1. The molecule has 2 aromatic rings. The van der Waals surface area contributed by atoms with Gasteiger partial charge in [0, 0.05) is 31.3 Å². The van der Waals surface area contributed by atoms with E-state index in [4.69, 9.17) is 10.00 Å². The quantitative estimate of drug-likeness (QED) is 0.809. The summed E-state index contributed by atoms with van der Waals surface area (Å²) in [5.74, 6) is 0.781. The minimum absolute atomic E-state index is 0.155. The van der Waals surface area contributed by atoms with Crippen LogP contribution in [0.1, 0.15) is 30.0 Å². The van der Waals surface area contributed by atoms with E-state index in [2.05, 4.69) is 30.0 Å². The molecule has 4 nitrogen and oxygen atoms in total. The molecular formula is C20H24N2O2. The van der Waals surface area contributed by atoms with Crippen molar-refractivity contribution in [1.29, 1.82) is 5.26 Å². The second kappa shape index (κ2) is 9.07. The molecule has 126 valence electrons. The van der Waals surface area contributed by atoms with Gasteiger partial charge in [-0.15, -0.1) is 0 Å². The Balaban J connectivity index is 2.26. The first-order valence-corrected chi connectivity index (χ1v) is 8.13. The van der Waals surface area contributed by atoms with Gasteiger partial charge in [-0.05, 0) is 37.1 Å². The molecule has 0 spiro atoms. The maximum absolute atomic E-state index is 9.31. The van der Waals surface area contributed by atoms with E-state index >= 15 is 0 Å². The Morgan fingerprint density at radius 3 is 2.54 bits per heavy atom. The topological polar surface area (TPSA) is 56.5 Å². The number of hydrogen-bond donors (Lipinski definition) is 1. The maximum atomic E-state index is 9.31. The fourth-order valence-electron chi connectivity index (χ4n) is 2.75. The number of hydrogen-bond acceptors (Lipinski definition) is 4. The molecule has 0 radical (unpaired) electrons. The highest BCUT2D eigenvalue weighted by atomic mass is 16.5. The third-order valence-corrected chi connectivity index (χ3v) is 4.18. The van der Waals surface area contributed by atoms with Crippen molar-refractivity contribution in [2.45, 2.75) is 32.5 Å². The van der Waals surface area contributed by atoms with Gasteiger partial charge in [0.2, 0.25) is 0 Å². The van der Waals surface area contributed by atoms with Crippen LogP contribution in [-0.2, 0) is 13.1 Å². The van der Waals surface area contributed by atoms with Crippen LogP contribution in [-0.4, -0.2) is 29.8 Å². The van der Waals surface area contributed by atoms with Crippen LogP contribution >= 0.6 is 0 Å². The zero-order valence-corrected chi connectivity index (χ0v) is 14.3. The van der Waals surface area contributed by atoms with Gasteiger partial charge in [0.1, 0.15) is 5.75 Å². The summed E-state index contributed by atoms with van der Waals surface area (Å²) in [6.45, 7) is 3.71. The zero-order chi connectivity index (χ0) is 17.4. The third kappa shape index (κ3) is 4.82. The standard InChI is InChI=1S/C20H24N2O2/c1-16(10-11-23)22(14-17-6-4-3-5-7-17)15-19-12-18(13-21)8-9-20(19)24-2/h3-9,12,16,23H,10-11,14-15H2,1-2H3. The molecule has 0 aromatic heterocycles. The van der Waals surface area contributed by atoms with Crippen molar-refractivity contribution in [3.8, 4) is 11.8 Å². The highest BCUT2D eigenvalue weighted by molar-refractivity contribution is 5.42. The van der Waals surface area contributed by atoms with Crippen molar-refractivity contribution in [3.05, 3.63) is 65.2 Å². The van der Waals surface area contributed by atoms with Crippen LogP contribution in [0.15, 0.2) is 48.5 Å². The van der Waals surface area contributed by atoms with Crippen LogP contribution in [0.4, 0.5) is 0 Å². The van der Waals surface area contributed by atoms with E-state index in [0.717, 1.165) is 17.9 Å². The number of nitriles is 1. The van der Waals surface area contributed by atoms with E-state index < -0.39 is 0 Å². The van der Waals surface area contributed by atoms with Gasteiger partial charge >= 0.3 is 0 Å². The largest absolute Gasteiger partial charge is 0.496 e. The van der Waals surface area contributed by atoms with E-state index in [-0.39, 0.29) is 12.6 Å². The first-order chi connectivity index (χ1) is 11.7. The number of rotatable bonds is 8. The Bertz CT molecular complexity index is 680. The summed E-state index contributed by atoms with van der Waals surface area (Å²) in [6.07, 6.45) is 0.701. The third-order valence-electron chi connectivity index (χ3n) is 4.18. The molecular weight excluding hydrogens is 300 g/mol. The summed E-state index contributed by atoms with van der Waals surface area (Å²) in [5, 5.41) is 18.5. The minimum Gasteiger partial charge on any atom is -0.496 e. The van der Waals surface area contributed by atoms with Crippen LogP contribution in [0.5, 0.6) is 5.75 Å². The lowest BCUT2D eigenvalue weighted by molar-refractivity contribution is 0.152. The van der Waals surface area contributed by atoms with E-state index in [1.165, 1.54) is 5.56 Å². The fraction of sp³-hybridized carbons (Fsp3) is 0.350. The van der Waals surface area contributed by atoms with E-state index in [1.807, 2.05) is 30.3 Å². The Morgan fingerprint density at radius 2 is 1.92 bits per heavy atom.